The lowest BCUT2D eigenvalue weighted by Gasteiger charge is -2.08. The van der Waals surface area contributed by atoms with E-state index in [2.05, 4.69) is 15.9 Å². The van der Waals surface area contributed by atoms with Crippen molar-refractivity contribution in [2.45, 2.75) is 25.7 Å². The lowest BCUT2D eigenvalue weighted by molar-refractivity contribution is -0.128. The predicted molar refractivity (Wildman–Crippen MR) is 137 cm³/mol. The van der Waals surface area contributed by atoms with E-state index in [-0.39, 0.29) is 0 Å². The van der Waals surface area contributed by atoms with Gasteiger partial charge in [-0.1, -0.05) is 65.2 Å². The molecular weight excluding hydrogens is 480 g/mol. The van der Waals surface area contributed by atoms with Gasteiger partial charge in [-0.15, -0.1) is 0 Å². The molecule has 3 aromatic rings. The molecule has 3 aromatic carbocycles. The number of hydrogen-bond acceptors (Lipinski definition) is 4. The SMILES string of the molecule is COc1ccc(/C=C/C(=O)Oc2ccc(-c3ccc(OCCCCCCBr)cc3)cc2)cc1. The summed E-state index contributed by atoms with van der Waals surface area (Å²) in [7, 11) is 1.62. The van der Waals surface area contributed by atoms with Crippen LogP contribution in [0.15, 0.2) is 78.9 Å². The third kappa shape index (κ3) is 8.43. The van der Waals surface area contributed by atoms with Gasteiger partial charge in [-0.25, -0.2) is 4.79 Å². The molecule has 0 saturated heterocycles. The van der Waals surface area contributed by atoms with Crippen LogP contribution >= 0.6 is 15.9 Å². The zero-order chi connectivity index (χ0) is 23.3. The molecule has 0 aromatic heterocycles. The van der Waals surface area contributed by atoms with Gasteiger partial charge in [0.05, 0.1) is 13.7 Å². The summed E-state index contributed by atoms with van der Waals surface area (Å²) < 4.78 is 16.4. The maximum atomic E-state index is 12.1. The van der Waals surface area contributed by atoms with Crippen LogP contribution in [0, 0.1) is 0 Å². The third-order valence-electron chi connectivity index (χ3n) is 5.08. The molecule has 5 heteroatoms. The maximum Gasteiger partial charge on any atom is 0.336 e. The number of alkyl halides is 1. The third-order valence-corrected chi connectivity index (χ3v) is 5.65. The number of esters is 1. The molecule has 0 aliphatic heterocycles. The van der Waals surface area contributed by atoms with Gasteiger partial charge in [0, 0.05) is 11.4 Å². The maximum absolute atomic E-state index is 12.1. The van der Waals surface area contributed by atoms with Gasteiger partial charge in [-0.2, -0.15) is 0 Å². The highest BCUT2D eigenvalue weighted by Crippen LogP contribution is 2.25. The highest BCUT2D eigenvalue weighted by atomic mass is 79.9. The van der Waals surface area contributed by atoms with E-state index in [4.69, 9.17) is 14.2 Å². The Balaban J connectivity index is 1.47. The number of hydrogen-bond donors (Lipinski definition) is 0. The quantitative estimate of drug-likeness (QED) is 0.0844. The van der Waals surface area contributed by atoms with Crippen molar-refractivity contribution >= 4 is 28.0 Å². The first-order valence-electron chi connectivity index (χ1n) is 11.1. The number of benzene rings is 3. The first kappa shape index (κ1) is 24.6. The first-order chi connectivity index (χ1) is 16.2. The normalized spacial score (nSPS) is 10.8. The van der Waals surface area contributed by atoms with E-state index in [1.807, 2.05) is 60.7 Å². The highest BCUT2D eigenvalue weighted by Gasteiger charge is 2.03. The summed E-state index contributed by atoms with van der Waals surface area (Å²) in [6.07, 6.45) is 7.84. The zero-order valence-corrected chi connectivity index (χ0v) is 20.4. The van der Waals surface area contributed by atoms with E-state index < -0.39 is 5.97 Å². The van der Waals surface area contributed by atoms with Crippen molar-refractivity contribution in [2.75, 3.05) is 19.0 Å². The van der Waals surface area contributed by atoms with Crippen LogP contribution in [0.5, 0.6) is 17.2 Å². The Hall–Kier alpha value is -3.05. The van der Waals surface area contributed by atoms with Crippen molar-refractivity contribution in [3.63, 3.8) is 0 Å². The Morgan fingerprint density at radius 2 is 1.33 bits per heavy atom. The zero-order valence-electron chi connectivity index (χ0n) is 18.8. The van der Waals surface area contributed by atoms with Gasteiger partial charge >= 0.3 is 5.97 Å². The van der Waals surface area contributed by atoms with Crippen LogP contribution in [0.1, 0.15) is 31.2 Å². The molecule has 4 nitrogen and oxygen atoms in total. The van der Waals surface area contributed by atoms with Crippen molar-refractivity contribution in [3.8, 4) is 28.4 Å². The minimum atomic E-state index is -0.424. The van der Waals surface area contributed by atoms with Crippen LogP contribution in [0.4, 0.5) is 0 Å². The van der Waals surface area contributed by atoms with Crippen LogP contribution in [-0.2, 0) is 4.79 Å². The van der Waals surface area contributed by atoms with E-state index in [0.717, 1.165) is 46.5 Å². The van der Waals surface area contributed by atoms with Crippen molar-refractivity contribution in [1.29, 1.82) is 0 Å². The summed E-state index contributed by atoms with van der Waals surface area (Å²) in [6, 6.07) is 23.0. The standard InChI is InChI=1S/C28H29BrO4/c1-31-25-13-6-22(7-14-25)8-19-28(30)33-27-17-11-24(12-18-27)23-9-15-26(16-10-23)32-21-5-3-2-4-20-29/h6-19H,2-5,20-21H2,1H3/b19-8+. The monoisotopic (exact) mass is 508 g/mol. The summed E-state index contributed by atoms with van der Waals surface area (Å²) in [4.78, 5) is 12.1. The summed E-state index contributed by atoms with van der Waals surface area (Å²) >= 11 is 3.45. The summed E-state index contributed by atoms with van der Waals surface area (Å²) in [5.41, 5.74) is 3.02. The Labute approximate surface area is 204 Å². The van der Waals surface area contributed by atoms with E-state index in [1.165, 1.54) is 25.3 Å². The molecule has 0 aliphatic rings. The second-order valence-electron chi connectivity index (χ2n) is 7.53. The first-order valence-corrected chi connectivity index (χ1v) is 12.2. The molecule has 172 valence electrons. The predicted octanol–water partition coefficient (Wildman–Crippen LogP) is 7.32. The van der Waals surface area contributed by atoms with Crippen LogP contribution in [0.25, 0.3) is 17.2 Å². The van der Waals surface area contributed by atoms with Gasteiger partial charge in [0.2, 0.25) is 0 Å². The fourth-order valence-corrected chi connectivity index (χ4v) is 3.63. The van der Waals surface area contributed by atoms with Gasteiger partial charge in [0.25, 0.3) is 0 Å². The molecule has 0 atom stereocenters. The van der Waals surface area contributed by atoms with E-state index in [0.29, 0.717) is 5.75 Å². The van der Waals surface area contributed by atoms with Crippen LogP contribution in [0.3, 0.4) is 0 Å². The van der Waals surface area contributed by atoms with Gasteiger partial charge in [-0.3, -0.25) is 0 Å². The number of ether oxygens (including phenoxy) is 3. The highest BCUT2D eigenvalue weighted by molar-refractivity contribution is 9.09. The Morgan fingerprint density at radius 1 is 0.758 bits per heavy atom. The number of rotatable bonds is 12. The summed E-state index contributed by atoms with van der Waals surface area (Å²) in [5.74, 6) is 1.73. The average Bonchev–Trinajstić information content (AvgIpc) is 2.86. The van der Waals surface area contributed by atoms with E-state index >= 15 is 0 Å². The van der Waals surface area contributed by atoms with Gasteiger partial charge in [-0.05, 0) is 72.0 Å². The average molecular weight is 509 g/mol. The van der Waals surface area contributed by atoms with Crippen LogP contribution < -0.4 is 14.2 Å². The molecule has 0 unspecified atom stereocenters. The second kappa shape index (κ2) is 13.5. The van der Waals surface area contributed by atoms with Crippen molar-refractivity contribution in [2.24, 2.45) is 0 Å². The van der Waals surface area contributed by atoms with E-state index in [9.17, 15) is 4.79 Å². The molecule has 0 fully saturated rings. The summed E-state index contributed by atoms with van der Waals surface area (Å²) in [5, 5.41) is 1.07. The van der Waals surface area contributed by atoms with Crippen LogP contribution in [0.2, 0.25) is 0 Å². The number of methoxy groups -OCH3 is 1. The minimum absolute atomic E-state index is 0.424. The van der Waals surface area contributed by atoms with Crippen molar-refractivity contribution in [3.05, 3.63) is 84.4 Å². The molecule has 0 saturated carbocycles. The minimum Gasteiger partial charge on any atom is -0.497 e. The molecule has 0 spiro atoms. The fraction of sp³-hybridized carbons (Fsp3) is 0.250. The Bertz CT molecular complexity index is 1010. The van der Waals surface area contributed by atoms with Crippen molar-refractivity contribution in [1.82, 2.24) is 0 Å². The molecule has 0 radical (unpaired) electrons. The van der Waals surface area contributed by atoms with Gasteiger partial charge < -0.3 is 14.2 Å². The molecule has 0 bridgehead atoms. The lowest BCUT2D eigenvalue weighted by Crippen LogP contribution is -2.03. The summed E-state index contributed by atoms with van der Waals surface area (Å²) in [6.45, 7) is 0.745. The number of halogens is 1. The second-order valence-corrected chi connectivity index (χ2v) is 8.32. The smallest absolute Gasteiger partial charge is 0.336 e. The fourth-order valence-electron chi connectivity index (χ4n) is 3.23. The lowest BCUT2D eigenvalue weighted by atomic mass is 10.1. The topological polar surface area (TPSA) is 44.8 Å². The van der Waals surface area contributed by atoms with E-state index in [1.54, 1.807) is 25.3 Å². The molecule has 0 aliphatic carbocycles. The molecule has 0 N–H and O–H groups in total. The Kier molecular flexibility index (Phi) is 10.0. The largest absolute Gasteiger partial charge is 0.497 e. The van der Waals surface area contributed by atoms with Crippen LogP contribution in [-0.4, -0.2) is 25.0 Å². The number of carbonyl (C=O) groups is 1. The molecule has 0 heterocycles. The van der Waals surface area contributed by atoms with Crippen molar-refractivity contribution < 1.29 is 19.0 Å². The van der Waals surface area contributed by atoms with Gasteiger partial charge in [0.1, 0.15) is 17.2 Å². The van der Waals surface area contributed by atoms with Gasteiger partial charge in [0.15, 0.2) is 0 Å². The Morgan fingerprint density at radius 3 is 1.94 bits per heavy atom. The molecule has 0 amide bonds. The molecular formula is C28H29BrO4. The number of carbonyl (C=O) groups excluding carboxylic acids is 1. The molecule has 3 rings (SSSR count). The molecule has 33 heavy (non-hydrogen) atoms. The number of unbranched alkanes of at least 4 members (excludes halogenated alkanes) is 3.